The van der Waals surface area contributed by atoms with E-state index in [4.69, 9.17) is 15.2 Å². The quantitative estimate of drug-likeness (QED) is 0.693. The Morgan fingerprint density at radius 2 is 2.00 bits per heavy atom. The smallest absolute Gasteiger partial charge is 0.434 e. The third-order valence-corrected chi connectivity index (χ3v) is 1.86. The molecule has 0 bridgehead atoms. The fraction of sp³-hybridized carbons (Fsp3) is 0.900. The van der Waals surface area contributed by atoms with Gasteiger partial charge >= 0.3 is 6.16 Å². The molecule has 84 valence electrons. The predicted octanol–water partition coefficient (Wildman–Crippen LogP) is 1.92. The molecule has 0 fully saturated rings. The zero-order valence-corrected chi connectivity index (χ0v) is 9.50. The SMILES string of the molecule is CCC(C)(N)COC(=O)OCC(C)C. The lowest BCUT2D eigenvalue weighted by molar-refractivity contribution is 0.0343. The first kappa shape index (κ1) is 13.2. The van der Waals surface area contributed by atoms with Gasteiger partial charge in [-0.25, -0.2) is 4.79 Å². The van der Waals surface area contributed by atoms with Crippen LogP contribution in [0.15, 0.2) is 0 Å². The van der Waals surface area contributed by atoms with Crippen LogP contribution >= 0.6 is 0 Å². The van der Waals surface area contributed by atoms with Gasteiger partial charge in [0.1, 0.15) is 6.61 Å². The van der Waals surface area contributed by atoms with Gasteiger partial charge in [0.25, 0.3) is 0 Å². The normalized spacial score (nSPS) is 15.0. The van der Waals surface area contributed by atoms with Crippen molar-refractivity contribution in [2.75, 3.05) is 13.2 Å². The van der Waals surface area contributed by atoms with Gasteiger partial charge < -0.3 is 15.2 Å². The van der Waals surface area contributed by atoms with E-state index in [1.807, 2.05) is 27.7 Å². The minimum atomic E-state index is -0.635. The first-order valence-corrected chi connectivity index (χ1v) is 4.96. The Hall–Kier alpha value is -0.770. The first-order valence-electron chi connectivity index (χ1n) is 4.96. The summed E-state index contributed by atoms with van der Waals surface area (Å²) in [6, 6.07) is 0. The van der Waals surface area contributed by atoms with E-state index < -0.39 is 11.7 Å². The van der Waals surface area contributed by atoms with Crippen LogP contribution in [0.25, 0.3) is 0 Å². The summed E-state index contributed by atoms with van der Waals surface area (Å²) in [5.74, 6) is 0.318. The summed E-state index contributed by atoms with van der Waals surface area (Å²) in [7, 11) is 0. The Balaban J connectivity index is 3.64. The lowest BCUT2D eigenvalue weighted by Gasteiger charge is -2.21. The molecule has 0 saturated heterocycles. The molecule has 0 radical (unpaired) electrons. The molecule has 0 rings (SSSR count). The number of hydrogen-bond acceptors (Lipinski definition) is 4. The van der Waals surface area contributed by atoms with Crippen LogP contribution in [0.4, 0.5) is 4.79 Å². The summed E-state index contributed by atoms with van der Waals surface area (Å²) >= 11 is 0. The van der Waals surface area contributed by atoms with E-state index in [1.165, 1.54) is 0 Å². The maximum Gasteiger partial charge on any atom is 0.508 e. The van der Waals surface area contributed by atoms with Gasteiger partial charge in [-0.1, -0.05) is 20.8 Å². The molecule has 14 heavy (non-hydrogen) atoms. The van der Waals surface area contributed by atoms with E-state index in [9.17, 15) is 4.79 Å². The van der Waals surface area contributed by atoms with Gasteiger partial charge in [0.15, 0.2) is 0 Å². The van der Waals surface area contributed by atoms with Crippen molar-refractivity contribution in [3.63, 3.8) is 0 Å². The van der Waals surface area contributed by atoms with Crippen molar-refractivity contribution in [3.8, 4) is 0 Å². The number of rotatable bonds is 5. The fourth-order valence-electron chi connectivity index (χ4n) is 0.602. The first-order chi connectivity index (χ1) is 6.37. The van der Waals surface area contributed by atoms with Crippen LogP contribution < -0.4 is 5.73 Å². The van der Waals surface area contributed by atoms with Crippen molar-refractivity contribution < 1.29 is 14.3 Å². The molecule has 4 heteroatoms. The van der Waals surface area contributed by atoms with Gasteiger partial charge in [0, 0.05) is 5.54 Å². The molecule has 0 aliphatic heterocycles. The number of carbonyl (C=O) groups is 1. The highest BCUT2D eigenvalue weighted by atomic mass is 16.7. The number of carbonyl (C=O) groups excluding carboxylic acids is 1. The minimum Gasteiger partial charge on any atom is -0.434 e. The Labute approximate surface area is 85.8 Å². The summed E-state index contributed by atoms with van der Waals surface area (Å²) in [5, 5.41) is 0. The number of nitrogens with two attached hydrogens (primary N) is 1. The molecule has 0 aromatic heterocycles. The summed E-state index contributed by atoms with van der Waals surface area (Å²) in [5.41, 5.74) is 5.33. The largest absolute Gasteiger partial charge is 0.508 e. The molecule has 0 amide bonds. The number of hydrogen-bond donors (Lipinski definition) is 1. The van der Waals surface area contributed by atoms with Crippen molar-refractivity contribution in [2.24, 2.45) is 11.7 Å². The van der Waals surface area contributed by atoms with Gasteiger partial charge in [0.05, 0.1) is 6.61 Å². The van der Waals surface area contributed by atoms with E-state index in [-0.39, 0.29) is 6.61 Å². The molecule has 1 atom stereocenters. The number of ether oxygens (including phenoxy) is 2. The van der Waals surface area contributed by atoms with Crippen LogP contribution in [0.2, 0.25) is 0 Å². The zero-order chi connectivity index (χ0) is 11.2. The van der Waals surface area contributed by atoms with Crippen molar-refractivity contribution >= 4 is 6.16 Å². The van der Waals surface area contributed by atoms with E-state index >= 15 is 0 Å². The molecule has 0 heterocycles. The second-order valence-corrected chi connectivity index (χ2v) is 4.25. The summed E-state index contributed by atoms with van der Waals surface area (Å²) in [6.45, 7) is 8.29. The monoisotopic (exact) mass is 203 g/mol. The molecule has 2 N–H and O–H groups in total. The van der Waals surface area contributed by atoms with Crippen LogP contribution in [0.5, 0.6) is 0 Å². The molecule has 4 nitrogen and oxygen atoms in total. The van der Waals surface area contributed by atoms with Crippen LogP contribution in [0.3, 0.4) is 0 Å². The van der Waals surface area contributed by atoms with Crippen molar-refractivity contribution in [1.29, 1.82) is 0 Å². The molecular formula is C10H21NO3. The van der Waals surface area contributed by atoms with E-state index in [2.05, 4.69) is 0 Å². The molecule has 0 aliphatic rings. The van der Waals surface area contributed by atoms with Crippen LogP contribution in [0.1, 0.15) is 34.1 Å². The summed E-state index contributed by atoms with van der Waals surface area (Å²) in [6.07, 6.45) is 0.119. The minimum absolute atomic E-state index is 0.195. The van der Waals surface area contributed by atoms with Gasteiger partial charge in [-0.2, -0.15) is 0 Å². The Kier molecular flexibility index (Phi) is 5.53. The Morgan fingerprint density at radius 1 is 1.43 bits per heavy atom. The molecule has 0 aliphatic carbocycles. The lowest BCUT2D eigenvalue weighted by Crippen LogP contribution is -2.41. The molecule has 0 spiro atoms. The average Bonchev–Trinajstić information content (AvgIpc) is 2.11. The van der Waals surface area contributed by atoms with Crippen LogP contribution in [-0.4, -0.2) is 24.9 Å². The van der Waals surface area contributed by atoms with E-state index in [0.717, 1.165) is 6.42 Å². The zero-order valence-electron chi connectivity index (χ0n) is 9.50. The third-order valence-electron chi connectivity index (χ3n) is 1.86. The van der Waals surface area contributed by atoms with Crippen molar-refractivity contribution in [1.82, 2.24) is 0 Å². The highest BCUT2D eigenvalue weighted by Crippen LogP contribution is 2.05. The summed E-state index contributed by atoms with van der Waals surface area (Å²) in [4.78, 5) is 11.0. The highest BCUT2D eigenvalue weighted by molar-refractivity contribution is 5.59. The van der Waals surface area contributed by atoms with Gasteiger partial charge in [-0.3, -0.25) is 0 Å². The fourth-order valence-corrected chi connectivity index (χ4v) is 0.602. The van der Waals surface area contributed by atoms with E-state index in [1.54, 1.807) is 0 Å². The van der Waals surface area contributed by atoms with Gasteiger partial charge in [-0.05, 0) is 19.3 Å². The molecule has 0 aromatic rings. The van der Waals surface area contributed by atoms with Crippen molar-refractivity contribution in [2.45, 2.75) is 39.7 Å². The molecule has 1 unspecified atom stereocenters. The van der Waals surface area contributed by atoms with Crippen LogP contribution in [0, 0.1) is 5.92 Å². The predicted molar refractivity (Wildman–Crippen MR) is 55.0 cm³/mol. The van der Waals surface area contributed by atoms with E-state index in [0.29, 0.717) is 12.5 Å². The maximum atomic E-state index is 11.0. The second kappa shape index (κ2) is 5.86. The van der Waals surface area contributed by atoms with Crippen LogP contribution in [-0.2, 0) is 9.47 Å². The highest BCUT2D eigenvalue weighted by Gasteiger charge is 2.18. The average molecular weight is 203 g/mol. The maximum absolute atomic E-state index is 11.0. The second-order valence-electron chi connectivity index (χ2n) is 4.25. The van der Waals surface area contributed by atoms with Gasteiger partial charge in [-0.15, -0.1) is 0 Å². The topological polar surface area (TPSA) is 61.5 Å². The standard InChI is InChI=1S/C10H21NO3/c1-5-10(4,11)7-14-9(12)13-6-8(2)3/h8H,5-7,11H2,1-4H3. The lowest BCUT2D eigenvalue weighted by atomic mass is 10.0. The molecule has 0 saturated carbocycles. The summed E-state index contributed by atoms with van der Waals surface area (Å²) < 4.78 is 9.69. The van der Waals surface area contributed by atoms with Crippen molar-refractivity contribution in [3.05, 3.63) is 0 Å². The molecular weight excluding hydrogens is 182 g/mol. The molecule has 0 aromatic carbocycles. The Bertz CT molecular complexity index is 178. The van der Waals surface area contributed by atoms with Gasteiger partial charge in [0.2, 0.25) is 0 Å². The third kappa shape index (κ3) is 6.71. The Morgan fingerprint density at radius 3 is 2.43 bits per heavy atom.